The first-order chi connectivity index (χ1) is 14.8. The summed E-state index contributed by atoms with van der Waals surface area (Å²) in [7, 11) is 0. The van der Waals surface area contributed by atoms with Gasteiger partial charge in [-0.1, -0.05) is 37.5 Å². The van der Waals surface area contributed by atoms with E-state index in [-0.39, 0.29) is 35.5 Å². The van der Waals surface area contributed by atoms with Crippen molar-refractivity contribution in [2.75, 3.05) is 18.1 Å². The molecule has 2 aliphatic rings. The average molecular weight is 479 g/mol. The van der Waals surface area contributed by atoms with E-state index in [2.05, 4.69) is 11.8 Å². The summed E-state index contributed by atoms with van der Waals surface area (Å²) in [6.07, 6.45) is 7.33. The van der Waals surface area contributed by atoms with Crippen molar-refractivity contribution < 1.29 is 30.3 Å². The van der Waals surface area contributed by atoms with E-state index in [4.69, 9.17) is 26.9 Å². The fourth-order valence-corrected chi connectivity index (χ4v) is 5.31. The van der Waals surface area contributed by atoms with Crippen LogP contribution in [0.4, 0.5) is 0 Å². The largest absolute Gasteiger partial charge is 0.481 e. The minimum Gasteiger partial charge on any atom is -0.481 e. The molecule has 8 heteroatoms. The number of aliphatic carboxylic acids is 1. The molecule has 0 spiro atoms. The highest BCUT2D eigenvalue weighted by molar-refractivity contribution is 7.99. The number of hydrogen-bond acceptors (Lipinski definition) is 6. The number of aliphatic hydroxyl groups is 4. The summed E-state index contributed by atoms with van der Waals surface area (Å²) in [5.41, 5.74) is 0. The van der Waals surface area contributed by atoms with Gasteiger partial charge in [0, 0.05) is 5.38 Å². The van der Waals surface area contributed by atoms with Crippen molar-refractivity contribution in [1.82, 2.24) is 0 Å². The summed E-state index contributed by atoms with van der Waals surface area (Å²) in [6.45, 7) is 1.39. The van der Waals surface area contributed by atoms with Gasteiger partial charge in [0.1, 0.15) is 6.10 Å². The van der Waals surface area contributed by atoms with Crippen molar-refractivity contribution in [3.05, 3.63) is 0 Å². The third-order valence-corrected chi connectivity index (χ3v) is 7.40. The number of carbonyl (C=O) groups is 1. The van der Waals surface area contributed by atoms with Gasteiger partial charge in [0.05, 0.1) is 30.5 Å². The maximum atomic E-state index is 10.5. The van der Waals surface area contributed by atoms with E-state index < -0.39 is 24.3 Å². The lowest BCUT2D eigenvalue weighted by molar-refractivity contribution is -0.133. The lowest BCUT2D eigenvalue weighted by atomic mass is 9.84. The summed E-state index contributed by atoms with van der Waals surface area (Å²) in [5, 5.41) is 45.2. The molecule has 31 heavy (non-hydrogen) atoms. The molecule has 6 nitrogen and oxygen atoms in total. The van der Waals surface area contributed by atoms with Crippen molar-refractivity contribution in [3.8, 4) is 11.8 Å². The van der Waals surface area contributed by atoms with E-state index in [1.165, 1.54) is 37.9 Å². The Labute approximate surface area is 195 Å². The first kappa shape index (κ1) is 28.5. The molecule has 0 aliphatic heterocycles. The van der Waals surface area contributed by atoms with Gasteiger partial charge in [-0.05, 0) is 56.6 Å². The number of thioether (sulfide) groups is 1. The van der Waals surface area contributed by atoms with Gasteiger partial charge in [-0.3, -0.25) is 4.79 Å². The molecule has 0 aromatic rings. The van der Waals surface area contributed by atoms with Crippen LogP contribution < -0.4 is 0 Å². The van der Waals surface area contributed by atoms with Crippen molar-refractivity contribution >= 4 is 29.3 Å². The summed E-state index contributed by atoms with van der Waals surface area (Å²) >= 11 is 7.87. The smallest absolute Gasteiger partial charge is 0.313 e. The molecule has 2 aliphatic carbocycles. The Hall–Kier alpha value is -0.490. The topological polar surface area (TPSA) is 118 Å². The number of carboxylic acids is 1. The molecule has 0 heterocycles. The number of halogens is 1. The maximum Gasteiger partial charge on any atom is 0.313 e. The van der Waals surface area contributed by atoms with Crippen LogP contribution in [-0.2, 0) is 4.79 Å². The third-order valence-electron chi connectivity index (χ3n) is 5.87. The van der Waals surface area contributed by atoms with E-state index in [1.54, 1.807) is 0 Å². The Balaban J connectivity index is 0.000000861. The van der Waals surface area contributed by atoms with Crippen LogP contribution in [0.3, 0.4) is 0 Å². The van der Waals surface area contributed by atoms with Crippen molar-refractivity contribution in [2.45, 2.75) is 88.4 Å². The Kier molecular flexibility index (Phi) is 14.9. The van der Waals surface area contributed by atoms with E-state index in [0.717, 1.165) is 37.9 Å². The minimum atomic E-state index is -0.776. The Bertz CT molecular complexity index is 558. The summed E-state index contributed by atoms with van der Waals surface area (Å²) in [6, 6.07) is 0. The van der Waals surface area contributed by atoms with E-state index in [9.17, 15) is 15.0 Å². The molecular formula is C23H39ClO6S. The number of unbranched alkanes of at least 4 members (excludes halogenated alkanes) is 1. The standard InChI is InChI=1S/C20H31ClO4S.C3H8O2/c21-17-12-19(23)16(9-10-18(22)14-6-2-1-3-7-14)15(17)8-4-5-11-26-13-20(24)25;1-3(5)2-4/h14-19,22-23H,1-8,11-13H2,(H,24,25);3-5H,2H2,1H3/t15-,16-,17-,18-,19-;/m1./s1. The van der Waals surface area contributed by atoms with Crippen LogP contribution >= 0.6 is 23.4 Å². The highest BCUT2D eigenvalue weighted by Gasteiger charge is 2.40. The van der Waals surface area contributed by atoms with Gasteiger partial charge in [0.25, 0.3) is 0 Å². The Morgan fingerprint density at radius 2 is 1.84 bits per heavy atom. The molecule has 0 amide bonds. The second kappa shape index (κ2) is 16.2. The van der Waals surface area contributed by atoms with Crippen LogP contribution in [0.15, 0.2) is 0 Å². The molecule has 0 radical (unpaired) electrons. The second-order valence-corrected chi connectivity index (χ2v) is 10.3. The van der Waals surface area contributed by atoms with Gasteiger partial charge in [0.15, 0.2) is 0 Å². The first-order valence-corrected chi connectivity index (χ1v) is 12.9. The molecule has 0 bridgehead atoms. The molecule has 0 aromatic heterocycles. The Morgan fingerprint density at radius 3 is 2.42 bits per heavy atom. The molecule has 0 aromatic carbocycles. The molecule has 2 saturated carbocycles. The highest BCUT2D eigenvalue weighted by Crippen LogP contribution is 2.39. The van der Waals surface area contributed by atoms with Gasteiger partial charge in [0.2, 0.25) is 0 Å². The molecule has 6 atom stereocenters. The SMILES string of the molecule is CC(O)CO.O=C(O)CSCCCC[C@@H]1[C@@H](C#C[C@@H](O)C2CCCCC2)[C@H](O)C[C@H]1Cl. The monoisotopic (exact) mass is 478 g/mol. The van der Waals surface area contributed by atoms with Crippen LogP contribution in [0, 0.1) is 29.6 Å². The fraction of sp³-hybridized carbons (Fsp3) is 0.870. The maximum absolute atomic E-state index is 10.5. The van der Waals surface area contributed by atoms with Crippen LogP contribution in [-0.4, -0.2) is 73.3 Å². The lowest BCUT2D eigenvalue weighted by Gasteiger charge is -2.24. The number of rotatable bonds is 9. The zero-order valence-electron chi connectivity index (χ0n) is 18.5. The second-order valence-electron chi connectivity index (χ2n) is 8.61. The Morgan fingerprint density at radius 1 is 1.19 bits per heavy atom. The van der Waals surface area contributed by atoms with Crippen LogP contribution in [0.25, 0.3) is 0 Å². The van der Waals surface area contributed by atoms with Crippen molar-refractivity contribution in [2.24, 2.45) is 17.8 Å². The molecule has 2 rings (SSSR count). The fourth-order valence-electron chi connectivity index (χ4n) is 4.12. The summed E-state index contributed by atoms with van der Waals surface area (Å²) in [4.78, 5) is 10.5. The molecule has 180 valence electrons. The third kappa shape index (κ3) is 11.8. The summed E-state index contributed by atoms with van der Waals surface area (Å²) < 4.78 is 0. The average Bonchev–Trinajstić information content (AvgIpc) is 3.01. The number of alkyl halides is 1. The normalized spacial score (nSPS) is 28.1. The summed E-state index contributed by atoms with van der Waals surface area (Å²) in [5.74, 6) is 6.62. The lowest BCUT2D eigenvalue weighted by Crippen LogP contribution is -2.23. The van der Waals surface area contributed by atoms with E-state index >= 15 is 0 Å². The van der Waals surface area contributed by atoms with Gasteiger partial charge in [-0.15, -0.1) is 11.6 Å². The van der Waals surface area contributed by atoms with Gasteiger partial charge in [-0.25, -0.2) is 0 Å². The molecule has 0 saturated heterocycles. The number of hydrogen-bond donors (Lipinski definition) is 5. The number of carboxylic acid groups (broad SMARTS) is 1. The van der Waals surface area contributed by atoms with Gasteiger partial charge in [-0.2, -0.15) is 11.8 Å². The van der Waals surface area contributed by atoms with E-state index in [0.29, 0.717) is 6.42 Å². The van der Waals surface area contributed by atoms with Gasteiger partial charge < -0.3 is 25.5 Å². The van der Waals surface area contributed by atoms with Crippen LogP contribution in [0.1, 0.15) is 64.7 Å². The predicted octanol–water partition coefficient (Wildman–Crippen LogP) is 2.88. The van der Waals surface area contributed by atoms with E-state index in [1.807, 2.05) is 0 Å². The zero-order valence-corrected chi connectivity index (χ0v) is 20.0. The van der Waals surface area contributed by atoms with Crippen molar-refractivity contribution in [3.63, 3.8) is 0 Å². The molecule has 1 unspecified atom stereocenters. The quantitative estimate of drug-likeness (QED) is 0.196. The van der Waals surface area contributed by atoms with Crippen molar-refractivity contribution in [1.29, 1.82) is 0 Å². The predicted molar refractivity (Wildman–Crippen MR) is 125 cm³/mol. The van der Waals surface area contributed by atoms with Gasteiger partial charge >= 0.3 is 5.97 Å². The molecule has 5 N–H and O–H groups in total. The molecular weight excluding hydrogens is 440 g/mol. The number of aliphatic hydroxyl groups excluding tert-OH is 4. The first-order valence-electron chi connectivity index (χ1n) is 11.4. The highest BCUT2D eigenvalue weighted by atomic mass is 35.5. The minimum absolute atomic E-state index is 0.0807. The van der Waals surface area contributed by atoms with Crippen LogP contribution in [0.2, 0.25) is 0 Å². The molecule has 2 fully saturated rings. The van der Waals surface area contributed by atoms with Crippen LogP contribution in [0.5, 0.6) is 0 Å². The zero-order chi connectivity index (χ0) is 23.2.